The van der Waals surface area contributed by atoms with Crippen molar-refractivity contribution in [2.75, 3.05) is 11.9 Å². The number of piperidine rings is 1. The SMILES string of the molecule is FC(F)(F)c1ccc2c(c1)C1NCCC[C@H]1[C@H](c1ccccc1)N2. The van der Waals surface area contributed by atoms with E-state index in [2.05, 4.69) is 22.8 Å². The van der Waals surface area contributed by atoms with Crippen LogP contribution in [0.5, 0.6) is 0 Å². The van der Waals surface area contributed by atoms with E-state index < -0.39 is 11.7 Å². The second kappa shape index (κ2) is 5.81. The first-order chi connectivity index (χ1) is 11.5. The van der Waals surface area contributed by atoms with Crippen LogP contribution in [0.1, 0.15) is 41.6 Å². The first-order valence-electron chi connectivity index (χ1n) is 8.30. The number of anilines is 1. The van der Waals surface area contributed by atoms with E-state index in [4.69, 9.17) is 0 Å². The van der Waals surface area contributed by atoms with Gasteiger partial charge in [-0.05, 0) is 48.7 Å². The molecule has 0 aliphatic carbocycles. The molecule has 0 aromatic heterocycles. The quantitative estimate of drug-likeness (QED) is 0.775. The Hall–Kier alpha value is -2.01. The first kappa shape index (κ1) is 15.5. The third-order valence-electron chi connectivity index (χ3n) is 5.12. The second-order valence-electron chi connectivity index (χ2n) is 6.57. The minimum absolute atomic E-state index is 0.0393. The van der Waals surface area contributed by atoms with Crippen molar-refractivity contribution in [2.45, 2.75) is 31.1 Å². The van der Waals surface area contributed by atoms with Crippen molar-refractivity contribution in [1.29, 1.82) is 0 Å². The molecule has 2 heterocycles. The van der Waals surface area contributed by atoms with E-state index in [0.717, 1.165) is 36.7 Å². The Morgan fingerprint density at radius 2 is 1.75 bits per heavy atom. The maximum atomic E-state index is 13.1. The molecule has 0 amide bonds. The fourth-order valence-corrected chi connectivity index (χ4v) is 4.01. The van der Waals surface area contributed by atoms with Crippen LogP contribution >= 0.6 is 0 Å². The predicted molar refractivity (Wildman–Crippen MR) is 87.7 cm³/mol. The molecular weight excluding hydrogens is 313 g/mol. The van der Waals surface area contributed by atoms with Gasteiger partial charge in [-0.15, -0.1) is 0 Å². The maximum absolute atomic E-state index is 13.1. The lowest BCUT2D eigenvalue weighted by molar-refractivity contribution is -0.137. The number of fused-ring (bicyclic) bond motifs is 3. The molecule has 24 heavy (non-hydrogen) atoms. The summed E-state index contributed by atoms with van der Waals surface area (Å²) in [5.74, 6) is 0.247. The summed E-state index contributed by atoms with van der Waals surface area (Å²) in [6.45, 7) is 0.846. The molecule has 0 bridgehead atoms. The largest absolute Gasteiger partial charge is 0.416 e. The van der Waals surface area contributed by atoms with E-state index in [-0.39, 0.29) is 18.0 Å². The highest BCUT2D eigenvalue weighted by Crippen LogP contribution is 2.47. The van der Waals surface area contributed by atoms with Crippen molar-refractivity contribution in [3.63, 3.8) is 0 Å². The molecule has 2 aromatic rings. The predicted octanol–water partition coefficient (Wildman–Crippen LogP) is 4.91. The number of halogens is 3. The molecule has 2 aliphatic heterocycles. The average Bonchev–Trinajstić information content (AvgIpc) is 2.60. The summed E-state index contributed by atoms with van der Waals surface area (Å²) in [5.41, 5.74) is 2.14. The van der Waals surface area contributed by atoms with Crippen molar-refractivity contribution in [3.05, 3.63) is 65.2 Å². The summed E-state index contributed by atoms with van der Waals surface area (Å²) >= 11 is 0. The molecule has 0 saturated carbocycles. The Labute approximate surface area is 139 Å². The summed E-state index contributed by atoms with van der Waals surface area (Å²) in [4.78, 5) is 0. The fraction of sp³-hybridized carbons (Fsp3) is 0.368. The Bertz CT molecular complexity index is 727. The third-order valence-corrected chi connectivity index (χ3v) is 5.12. The van der Waals surface area contributed by atoms with Crippen LogP contribution in [0.3, 0.4) is 0 Å². The van der Waals surface area contributed by atoms with E-state index in [1.165, 1.54) is 11.6 Å². The standard InChI is InChI=1S/C19H19F3N2/c20-19(21,22)13-8-9-16-15(11-13)18-14(7-4-10-23-18)17(24-16)12-5-2-1-3-6-12/h1-3,5-6,8-9,11,14,17-18,23-24H,4,7,10H2/t14-,17-,18?/m0/s1. The van der Waals surface area contributed by atoms with Gasteiger partial charge >= 0.3 is 6.18 Å². The zero-order chi connectivity index (χ0) is 16.7. The first-order valence-corrected chi connectivity index (χ1v) is 8.30. The molecular formula is C19H19F3N2. The number of benzene rings is 2. The van der Waals surface area contributed by atoms with E-state index in [0.29, 0.717) is 0 Å². The van der Waals surface area contributed by atoms with E-state index in [1.54, 1.807) is 6.07 Å². The minimum atomic E-state index is -4.31. The zero-order valence-electron chi connectivity index (χ0n) is 13.1. The molecule has 4 rings (SSSR count). The second-order valence-corrected chi connectivity index (χ2v) is 6.57. The van der Waals surface area contributed by atoms with Crippen LogP contribution in [0.2, 0.25) is 0 Å². The van der Waals surface area contributed by atoms with Gasteiger partial charge in [0.2, 0.25) is 0 Å². The molecule has 0 radical (unpaired) electrons. The molecule has 3 atom stereocenters. The number of rotatable bonds is 1. The summed E-state index contributed by atoms with van der Waals surface area (Å²) in [7, 11) is 0. The van der Waals surface area contributed by atoms with Crippen molar-refractivity contribution < 1.29 is 13.2 Å². The van der Waals surface area contributed by atoms with Gasteiger partial charge in [0.15, 0.2) is 0 Å². The molecule has 0 spiro atoms. The van der Waals surface area contributed by atoms with Crippen LogP contribution in [0.15, 0.2) is 48.5 Å². The van der Waals surface area contributed by atoms with Crippen LogP contribution in [0.25, 0.3) is 0 Å². The van der Waals surface area contributed by atoms with Crippen LogP contribution in [-0.2, 0) is 6.18 Å². The maximum Gasteiger partial charge on any atom is 0.416 e. The van der Waals surface area contributed by atoms with Crippen molar-refractivity contribution in [3.8, 4) is 0 Å². The molecule has 2 N–H and O–H groups in total. The minimum Gasteiger partial charge on any atom is -0.378 e. The molecule has 5 heteroatoms. The Balaban J connectivity index is 1.77. The fourth-order valence-electron chi connectivity index (χ4n) is 4.01. The molecule has 1 fully saturated rings. The summed E-state index contributed by atoms with van der Waals surface area (Å²) in [6, 6.07) is 14.3. The van der Waals surface area contributed by atoms with Gasteiger partial charge < -0.3 is 10.6 Å². The van der Waals surface area contributed by atoms with E-state index in [9.17, 15) is 13.2 Å². The topological polar surface area (TPSA) is 24.1 Å². The highest BCUT2D eigenvalue weighted by atomic mass is 19.4. The summed E-state index contributed by atoms with van der Waals surface area (Å²) in [5, 5.41) is 6.93. The van der Waals surface area contributed by atoms with Crippen molar-refractivity contribution in [1.82, 2.24) is 5.32 Å². The van der Waals surface area contributed by atoms with Crippen LogP contribution in [-0.4, -0.2) is 6.54 Å². The van der Waals surface area contributed by atoms with Crippen LogP contribution in [0.4, 0.5) is 18.9 Å². The Morgan fingerprint density at radius 3 is 2.50 bits per heavy atom. The van der Waals surface area contributed by atoms with Gasteiger partial charge in [-0.3, -0.25) is 0 Å². The van der Waals surface area contributed by atoms with Crippen LogP contribution in [0, 0.1) is 5.92 Å². The Morgan fingerprint density at radius 1 is 0.958 bits per heavy atom. The molecule has 1 saturated heterocycles. The molecule has 126 valence electrons. The smallest absolute Gasteiger partial charge is 0.378 e. The number of hydrogen-bond donors (Lipinski definition) is 2. The van der Waals surface area contributed by atoms with Gasteiger partial charge in [0.25, 0.3) is 0 Å². The van der Waals surface area contributed by atoms with Gasteiger partial charge in [-0.25, -0.2) is 0 Å². The van der Waals surface area contributed by atoms with Gasteiger partial charge in [0.1, 0.15) is 0 Å². The van der Waals surface area contributed by atoms with E-state index >= 15 is 0 Å². The molecule has 1 unspecified atom stereocenters. The number of hydrogen-bond acceptors (Lipinski definition) is 2. The zero-order valence-corrected chi connectivity index (χ0v) is 13.1. The lowest BCUT2D eigenvalue weighted by atomic mass is 9.75. The Kier molecular flexibility index (Phi) is 3.76. The van der Waals surface area contributed by atoms with Gasteiger partial charge in [0, 0.05) is 17.6 Å². The number of nitrogens with one attached hydrogen (secondary N) is 2. The van der Waals surface area contributed by atoms with Crippen molar-refractivity contribution >= 4 is 5.69 Å². The third kappa shape index (κ3) is 2.67. The normalized spacial score (nSPS) is 26.2. The molecule has 2 aliphatic rings. The molecule has 2 aromatic carbocycles. The lowest BCUT2D eigenvalue weighted by Gasteiger charge is -2.44. The highest BCUT2D eigenvalue weighted by molar-refractivity contribution is 5.59. The number of alkyl halides is 3. The molecule has 2 nitrogen and oxygen atoms in total. The summed E-state index contributed by atoms with van der Waals surface area (Å²) < 4.78 is 39.2. The lowest BCUT2D eigenvalue weighted by Crippen LogP contribution is -2.42. The van der Waals surface area contributed by atoms with Gasteiger partial charge in [-0.1, -0.05) is 30.3 Å². The average molecular weight is 332 g/mol. The van der Waals surface area contributed by atoms with Gasteiger partial charge in [-0.2, -0.15) is 13.2 Å². The summed E-state index contributed by atoms with van der Waals surface area (Å²) in [6.07, 6.45) is -2.27. The van der Waals surface area contributed by atoms with Gasteiger partial charge in [0.05, 0.1) is 11.6 Å². The van der Waals surface area contributed by atoms with Crippen LogP contribution < -0.4 is 10.6 Å². The van der Waals surface area contributed by atoms with Crippen molar-refractivity contribution in [2.24, 2.45) is 5.92 Å². The highest BCUT2D eigenvalue weighted by Gasteiger charge is 2.40. The monoisotopic (exact) mass is 332 g/mol. The van der Waals surface area contributed by atoms with E-state index in [1.807, 2.05) is 18.2 Å².